The van der Waals surface area contributed by atoms with Crippen LogP contribution in [-0.4, -0.2) is 12.9 Å². The van der Waals surface area contributed by atoms with Gasteiger partial charge in [0.2, 0.25) is 0 Å². The van der Waals surface area contributed by atoms with E-state index in [1.807, 2.05) is 25.1 Å². The molecule has 21 heavy (non-hydrogen) atoms. The third-order valence-corrected chi connectivity index (χ3v) is 4.19. The van der Waals surface area contributed by atoms with E-state index in [-0.39, 0.29) is 5.78 Å². The van der Waals surface area contributed by atoms with Crippen LogP contribution in [0, 0.1) is 6.92 Å². The fraction of sp³-hybridized carbons (Fsp3) is 0.316. The van der Waals surface area contributed by atoms with Gasteiger partial charge in [0.05, 0.1) is 12.7 Å². The van der Waals surface area contributed by atoms with E-state index in [1.54, 1.807) is 7.11 Å². The smallest absolute Gasteiger partial charge is 0.170 e. The molecule has 0 radical (unpaired) electrons. The molecule has 0 heterocycles. The second-order valence-corrected chi connectivity index (χ2v) is 5.76. The van der Waals surface area contributed by atoms with Crippen LogP contribution in [0.1, 0.15) is 39.0 Å². The second kappa shape index (κ2) is 5.72. The number of hydrogen-bond acceptors (Lipinski definition) is 2. The first-order chi connectivity index (χ1) is 10.2. The molecular weight excluding hydrogens is 260 g/mol. The van der Waals surface area contributed by atoms with Gasteiger partial charge in [-0.25, -0.2) is 0 Å². The van der Waals surface area contributed by atoms with E-state index >= 15 is 0 Å². The lowest BCUT2D eigenvalue weighted by Crippen LogP contribution is -2.06. The minimum atomic E-state index is 0.116. The van der Waals surface area contributed by atoms with Crippen molar-refractivity contribution in [2.75, 3.05) is 7.11 Å². The van der Waals surface area contributed by atoms with Gasteiger partial charge >= 0.3 is 0 Å². The van der Waals surface area contributed by atoms with Crippen LogP contribution in [0.25, 0.3) is 0 Å². The highest BCUT2D eigenvalue weighted by Gasteiger charge is 2.15. The quantitative estimate of drug-likeness (QED) is 0.793. The molecule has 0 saturated heterocycles. The molecule has 0 atom stereocenters. The minimum Gasteiger partial charge on any atom is -0.496 e. The van der Waals surface area contributed by atoms with Crippen molar-refractivity contribution < 1.29 is 9.53 Å². The molecule has 0 aliphatic heterocycles. The number of ether oxygens (including phenoxy) is 1. The van der Waals surface area contributed by atoms with Gasteiger partial charge in [0.25, 0.3) is 0 Å². The van der Waals surface area contributed by atoms with Crippen LogP contribution in [0.15, 0.2) is 36.4 Å². The van der Waals surface area contributed by atoms with Gasteiger partial charge in [-0.2, -0.15) is 0 Å². The summed E-state index contributed by atoms with van der Waals surface area (Å²) in [7, 11) is 1.61. The number of Topliss-reactive ketones (excluding diaryl/α,β-unsaturated/α-hetero) is 1. The summed E-state index contributed by atoms with van der Waals surface area (Å²) in [6.45, 7) is 2.00. The van der Waals surface area contributed by atoms with E-state index in [0.717, 1.165) is 17.5 Å². The molecule has 0 fully saturated rings. The maximum absolute atomic E-state index is 12.5. The fourth-order valence-corrected chi connectivity index (χ4v) is 3.04. The van der Waals surface area contributed by atoms with Gasteiger partial charge in [-0.15, -0.1) is 0 Å². The van der Waals surface area contributed by atoms with Crippen molar-refractivity contribution in [2.24, 2.45) is 0 Å². The summed E-state index contributed by atoms with van der Waals surface area (Å²) in [6.07, 6.45) is 3.99. The number of aryl methyl sites for hydroxylation is 3. The number of carbonyl (C=O) groups is 1. The van der Waals surface area contributed by atoms with Crippen molar-refractivity contribution in [1.82, 2.24) is 0 Å². The van der Waals surface area contributed by atoms with Crippen molar-refractivity contribution in [2.45, 2.75) is 32.6 Å². The second-order valence-electron chi connectivity index (χ2n) is 5.76. The lowest BCUT2D eigenvalue weighted by atomic mass is 9.98. The molecule has 2 aromatic carbocycles. The average Bonchev–Trinajstić information content (AvgIpc) is 2.94. The topological polar surface area (TPSA) is 26.3 Å². The minimum absolute atomic E-state index is 0.116. The third kappa shape index (κ3) is 2.85. The van der Waals surface area contributed by atoms with Gasteiger partial charge in [-0.05, 0) is 60.6 Å². The van der Waals surface area contributed by atoms with Crippen LogP contribution in [0.2, 0.25) is 0 Å². The zero-order valence-corrected chi connectivity index (χ0v) is 12.6. The fourth-order valence-electron chi connectivity index (χ4n) is 3.04. The molecular formula is C19H20O2. The van der Waals surface area contributed by atoms with Crippen LogP contribution in [0.5, 0.6) is 5.75 Å². The van der Waals surface area contributed by atoms with Crippen molar-refractivity contribution in [3.05, 3.63) is 64.2 Å². The third-order valence-electron chi connectivity index (χ3n) is 4.19. The molecule has 0 spiro atoms. The Labute approximate surface area is 125 Å². The molecule has 0 bridgehead atoms. The summed E-state index contributed by atoms with van der Waals surface area (Å²) in [5, 5.41) is 0. The number of benzene rings is 2. The van der Waals surface area contributed by atoms with Gasteiger partial charge < -0.3 is 4.74 Å². The Bertz CT molecular complexity index is 686. The highest BCUT2D eigenvalue weighted by atomic mass is 16.5. The van der Waals surface area contributed by atoms with Crippen LogP contribution < -0.4 is 4.74 Å². The van der Waals surface area contributed by atoms with Gasteiger partial charge in [0.15, 0.2) is 5.78 Å². The summed E-state index contributed by atoms with van der Waals surface area (Å²) < 4.78 is 5.34. The summed E-state index contributed by atoms with van der Waals surface area (Å²) in [5.74, 6) is 0.783. The first-order valence-corrected chi connectivity index (χ1v) is 7.46. The van der Waals surface area contributed by atoms with Gasteiger partial charge in [-0.3, -0.25) is 4.79 Å². The predicted octanol–water partition coefficient (Wildman–Crippen LogP) is 3.92. The monoisotopic (exact) mass is 280 g/mol. The molecule has 2 nitrogen and oxygen atoms in total. The Morgan fingerprint density at radius 3 is 2.71 bits per heavy atom. The molecule has 0 amide bonds. The van der Waals surface area contributed by atoms with Crippen LogP contribution in [0.4, 0.5) is 0 Å². The molecule has 2 aromatic rings. The van der Waals surface area contributed by atoms with Crippen LogP contribution >= 0.6 is 0 Å². The molecule has 0 aromatic heterocycles. The molecule has 0 saturated carbocycles. The van der Waals surface area contributed by atoms with Crippen LogP contribution in [-0.2, 0) is 19.3 Å². The SMILES string of the molecule is COc1cc(C)ccc1C(=O)Cc1ccc2c(c1)CCC2. The number of rotatable bonds is 4. The summed E-state index contributed by atoms with van der Waals surface area (Å²) in [4.78, 5) is 12.5. The van der Waals surface area contributed by atoms with Gasteiger partial charge in [0.1, 0.15) is 5.75 Å². The number of fused-ring (bicyclic) bond motifs is 1. The largest absolute Gasteiger partial charge is 0.496 e. The highest BCUT2D eigenvalue weighted by Crippen LogP contribution is 2.25. The normalized spacial score (nSPS) is 13.0. The lowest BCUT2D eigenvalue weighted by molar-refractivity contribution is 0.0990. The van der Waals surface area contributed by atoms with Crippen molar-refractivity contribution >= 4 is 5.78 Å². The zero-order valence-electron chi connectivity index (χ0n) is 12.6. The Morgan fingerprint density at radius 1 is 1.10 bits per heavy atom. The number of hydrogen-bond donors (Lipinski definition) is 0. The summed E-state index contributed by atoms with van der Waals surface area (Å²) in [6, 6.07) is 12.2. The Balaban J connectivity index is 1.83. The van der Waals surface area contributed by atoms with Crippen molar-refractivity contribution in [3.63, 3.8) is 0 Å². The predicted molar refractivity (Wildman–Crippen MR) is 84.2 cm³/mol. The average molecular weight is 280 g/mol. The summed E-state index contributed by atoms with van der Waals surface area (Å²) in [5.41, 5.74) is 5.73. The Hall–Kier alpha value is -2.09. The Kier molecular flexibility index (Phi) is 3.78. The highest BCUT2D eigenvalue weighted by molar-refractivity contribution is 6.00. The molecule has 1 aliphatic rings. The number of methoxy groups -OCH3 is 1. The van der Waals surface area contributed by atoms with Crippen LogP contribution in [0.3, 0.4) is 0 Å². The molecule has 0 unspecified atom stereocenters. The van der Waals surface area contributed by atoms with E-state index in [0.29, 0.717) is 17.7 Å². The maximum atomic E-state index is 12.5. The maximum Gasteiger partial charge on any atom is 0.170 e. The molecule has 0 N–H and O–H groups in total. The molecule has 3 rings (SSSR count). The van der Waals surface area contributed by atoms with E-state index in [9.17, 15) is 4.79 Å². The number of carbonyl (C=O) groups excluding carboxylic acids is 1. The molecule has 108 valence electrons. The van der Waals surface area contributed by atoms with E-state index in [2.05, 4.69) is 18.2 Å². The Morgan fingerprint density at radius 2 is 1.90 bits per heavy atom. The van der Waals surface area contributed by atoms with E-state index in [1.165, 1.54) is 24.0 Å². The molecule has 2 heteroatoms. The first kappa shape index (κ1) is 13.9. The summed E-state index contributed by atoms with van der Waals surface area (Å²) >= 11 is 0. The van der Waals surface area contributed by atoms with E-state index < -0.39 is 0 Å². The lowest BCUT2D eigenvalue weighted by Gasteiger charge is -2.09. The molecule has 1 aliphatic carbocycles. The van der Waals surface area contributed by atoms with Crippen molar-refractivity contribution in [1.29, 1.82) is 0 Å². The van der Waals surface area contributed by atoms with E-state index in [4.69, 9.17) is 4.74 Å². The van der Waals surface area contributed by atoms with Gasteiger partial charge in [-0.1, -0.05) is 24.3 Å². The first-order valence-electron chi connectivity index (χ1n) is 7.46. The van der Waals surface area contributed by atoms with Gasteiger partial charge in [0, 0.05) is 6.42 Å². The standard InChI is InChI=1S/C19H20O2/c1-13-6-9-17(19(10-13)21-2)18(20)12-14-7-8-15-4-3-5-16(15)11-14/h6-11H,3-5,12H2,1-2H3. The zero-order chi connectivity index (χ0) is 14.8. The number of ketones is 1. The van der Waals surface area contributed by atoms with Crippen molar-refractivity contribution in [3.8, 4) is 5.75 Å².